The quantitative estimate of drug-likeness (QED) is 0.637. The third-order valence-electron chi connectivity index (χ3n) is 4.54. The van der Waals surface area contributed by atoms with Crippen LogP contribution in [0.5, 0.6) is 0 Å². The van der Waals surface area contributed by atoms with Crippen molar-refractivity contribution in [1.29, 1.82) is 0 Å². The summed E-state index contributed by atoms with van der Waals surface area (Å²) in [4.78, 5) is 3.70. The van der Waals surface area contributed by atoms with E-state index in [4.69, 9.17) is 5.73 Å². The Morgan fingerprint density at radius 1 is 0.957 bits per heavy atom. The summed E-state index contributed by atoms with van der Waals surface area (Å²) in [5, 5.41) is 1.36. The van der Waals surface area contributed by atoms with E-state index >= 15 is 0 Å². The van der Waals surface area contributed by atoms with Gasteiger partial charge in [-0.05, 0) is 75.4 Å². The Morgan fingerprint density at radius 2 is 1.70 bits per heavy atom. The molecule has 1 aromatic heterocycles. The van der Waals surface area contributed by atoms with Crippen molar-refractivity contribution in [3.63, 3.8) is 0 Å². The van der Waals surface area contributed by atoms with Crippen LogP contribution in [-0.4, -0.2) is 11.5 Å². The first kappa shape index (κ1) is 15.8. The zero-order valence-corrected chi connectivity index (χ0v) is 14.4. The number of para-hydroxylation sites is 1. The Bertz CT molecular complexity index is 807. The largest absolute Gasteiger partial charge is 0.354 e. The summed E-state index contributed by atoms with van der Waals surface area (Å²) in [7, 11) is 0. The Kier molecular flexibility index (Phi) is 4.53. The number of hydrogen-bond donors (Lipinski definition) is 2. The van der Waals surface area contributed by atoms with E-state index in [0.29, 0.717) is 0 Å². The zero-order chi connectivity index (χ0) is 16.4. The van der Waals surface area contributed by atoms with Gasteiger partial charge in [-0.25, -0.2) is 0 Å². The summed E-state index contributed by atoms with van der Waals surface area (Å²) < 4.78 is 0. The smallest absolute Gasteiger partial charge is 0.0497 e. The molecular weight excluding hydrogens is 280 g/mol. The number of aryl methyl sites for hydroxylation is 4. The Morgan fingerprint density at radius 3 is 2.39 bits per heavy atom. The van der Waals surface area contributed by atoms with Crippen molar-refractivity contribution in [2.75, 3.05) is 6.54 Å². The van der Waals surface area contributed by atoms with Gasteiger partial charge in [0.05, 0.1) is 0 Å². The summed E-state index contributed by atoms with van der Waals surface area (Å²) in [6.07, 6.45) is 3.28. The third kappa shape index (κ3) is 3.18. The fourth-order valence-corrected chi connectivity index (χ4v) is 3.49. The van der Waals surface area contributed by atoms with Crippen molar-refractivity contribution in [2.24, 2.45) is 5.73 Å². The monoisotopic (exact) mass is 306 g/mol. The van der Waals surface area contributed by atoms with Gasteiger partial charge in [0, 0.05) is 16.6 Å². The molecule has 120 valence electrons. The second-order valence-electron chi connectivity index (χ2n) is 6.60. The van der Waals surface area contributed by atoms with Gasteiger partial charge < -0.3 is 10.7 Å². The molecule has 3 N–H and O–H groups in total. The standard InChI is InChI=1S/C21H26N2/c1-14-11-15(2)13-17(12-14)21-19(8-4-5-10-22)18-9-6-7-16(3)20(18)23-21/h6-7,9,11-13,23H,4-5,8,10,22H2,1-3H3. The summed E-state index contributed by atoms with van der Waals surface area (Å²) in [5.41, 5.74) is 14.9. The van der Waals surface area contributed by atoms with Crippen molar-refractivity contribution < 1.29 is 0 Å². The SMILES string of the molecule is Cc1cc(C)cc(-c2[nH]c3c(C)cccc3c2CCCCN)c1. The van der Waals surface area contributed by atoms with Crippen LogP contribution in [0, 0.1) is 20.8 Å². The minimum atomic E-state index is 0.764. The van der Waals surface area contributed by atoms with E-state index < -0.39 is 0 Å². The van der Waals surface area contributed by atoms with Gasteiger partial charge in [0.25, 0.3) is 0 Å². The number of nitrogens with two attached hydrogens (primary N) is 1. The first-order chi connectivity index (χ1) is 11.1. The molecule has 0 bridgehead atoms. The molecule has 0 aliphatic rings. The van der Waals surface area contributed by atoms with Crippen LogP contribution in [0.25, 0.3) is 22.2 Å². The van der Waals surface area contributed by atoms with Crippen molar-refractivity contribution in [1.82, 2.24) is 4.98 Å². The summed E-state index contributed by atoms with van der Waals surface area (Å²) in [6, 6.07) is 13.4. The van der Waals surface area contributed by atoms with E-state index in [1.165, 1.54) is 44.4 Å². The van der Waals surface area contributed by atoms with Gasteiger partial charge in [0.2, 0.25) is 0 Å². The number of unbranched alkanes of at least 4 members (excludes halogenated alkanes) is 1. The summed E-state index contributed by atoms with van der Waals surface area (Å²) >= 11 is 0. The van der Waals surface area contributed by atoms with Crippen LogP contribution in [0.3, 0.4) is 0 Å². The maximum atomic E-state index is 5.69. The number of hydrogen-bond acceptors (Lipinski definition) is 1. The van der Waals surface area contributed by atoms with Crippen LogP contribution in [0.1, 0.15) is 35.1 Å². The predicted molar refractivity (Wildman–Crippen MR) is 99.9 cm³/mol. The van der Waals surface area contributed by atoms with Gasteiger partial charge in [-0.15, -0.1) is 0 Å². The van der Waals surface area contributed by atoms with Crippen molar-refractivity contribution in [3.05, 3.63) is 58.7 Å². The van der Waals surface area contributed by atoms with E-state index in [1.54, 1.807) is 0 Å². The van der Waals surface area contributed by atoms with Gasteiger partial charge >= 0.3 is 0 Å². The molecule has 2 aromatic carbocycles. The highest BCUT2D eigenvalue weighted by Gasteiger charge is 2.14. The molecule has 3 rings (SSSR count). The van der Waals surface area contributed by atoms with Crippen LogP contribution in [0.4, 0.5) is 0 Å². The Labute approximate surface area is 138 Å². The van der Waals surface area contributed by atoms with E-state index in [2.05, 4.69) is 62.2 Å². The average Bonchev–Trinajstić information content (AvgIpc) is 2.87. The molecule has 0 spiro atoms. The highest BCUT2D eigenvalue weighted by atomic mass is 14.7. The minimum Gasteiger partial charge on any atom is -0.354 e. The molecule has 0 aliphatic carbocycles. The number of aromatic amines is 1. The summed E-state index contributed by atoms with van der Waals surface area (Å²) in [5.74, 6) is 0. The highest BCUT2D eigenvalue weighted by molar-refractivity contribution is 5.92. The lowest BCUT2D eigenvalue weighted by molar-refractivity contribution is 0.748. The third-order valence-corrected chi connectivity index (χ3v) is 4.54. The molecule has 1 heterocycles. The molecule has 0 saturated carbocycles. The van der Waals surface area contributed by atoms with Crippen LogP contribution in [0.15, 0.2) is 36.4 Å². The fraction of sp³-hybridized carbons (Fsp3) is 0.333. The first-order valence-corrected chi connectivity index (χ1v) is 8.49. The maximum Gasteiger partial charge on any atom is 0.0497 e. The summed E-state index contributed by atoms with van der Waals surface area (Å²) in [6.45, 7) is 7.27. The Hall–Kier alpha value is -2.06. The minimum absolute atomic E-state index is 0.764. The molecule has 0 amide bonds. The maximum absolute atomic E-state index is 5.69. The first-order valence-electron chi connectivity index (χ1n) is 8.49. The number of nitrogens with one attached hydrogen (secondary N) is 1. The van der Waals surface area contributed by atoms with Crippen molar-refractivity contribution >= 4 is 10.9 Å². The number of aromatic nitrogens is 1. The van der Waals surface area contributed by atoms with E-state index in [9.17, 15) is 0 Å². The van der Waals surface area contributed by atoms with Gasteiger partial charge in [-0.1, -0.05) is 35.4 Å². The highest BCUT2D eigenvalue weighted by Crippen LogP contribution is 2.33. The molecule has 0 fully saturated rings. The topological polar surface area (TPSA) is 41.8 Å². The molecule has 0 unspecified atom stereocenters. The van der Waals surface area contributed by atoms with Crippen LogP contribution < -0.4 is 5.73 Å². The number of rotatable bonds is 5. The molecular formula is C21H26N2. The molecule has 0 aliphatic heterocycles. The lowest BCUT2D eigenvalue weighted by Gasteiger charge is -2.07. The number of H-pyrrole nitrogens is 1. The average molecular weight is 306 g/mol. The van der Waals surface area contributed by atoms with Gasteiger partial charge in [0.15, 0.2) is 0 Å². The molecule has 3 aromatic rings. The fourth-order valence-electron chi connectivity index (χ4n) is 3.49. The predicted octanol–water partition coefficient (Wildman–Crippen LogP) is 5.04. The lowest BCUT2D eigenvalue weighted by atomic mass is 9.97. The number of fused-ring (bicyclic) bond motifs is 1. The number of benzene rings is 2. The van der Waals surface area contributed by atoms with Gasteiger partial charge in [0.1, 0.15) is 0 Å². The van der Waals surface area contributed by atoms with E-state index in [-0.39, 0.29) is 0 Å². The molecule has 2 nitrogen and oxygen atoms in total. The molecule has 0 atom stereocenters. The van der Waals surface area contributed by atoms with Crippen LogP contribution in [-0.2, 0) is 6.42 Å². The van der Waals surface area contributed by atoms with Crippen LogP contribution >= 0.6 is 0 Å². The second-order valence-corrected chi connectivity index (χ2v) is 6.60. The van der Waals surface area contributed by atoms with Gasteiger partial charge in [-0.3, -0.25) is 0 Å². The van der Waals surface area contributed by atoms with Gasteiger partial charge in [-0.2, -0.15) is 0 Å². The lowest BCUT2D eigenvalue weighted by Crippen LogP contribution is -1.99. The molecule has 0 saturated heterocycles. The molecule has 23 heavy (non-hydrogen) atoms. The normalized spacial score (nSPS) is 11.3. The molecule has 2 heteroatoms. The van der Waals surface area contributed by atoms with Crippen molar-refractivity contribution in [3.8, 4) is 11.3 Å². The molecule has 0 radical (unpaired) electrons. The van der Waals surface area contributed by atoms with E-state index in [1.807, 2.05) is 0 Å². The second kappa shape index (κ2) is 6.59. The Balaban J connectivity index is 2.17. The van der Waals surface area contributed by atoms with Crippen LogP contribution in [0.2, 0.25) is 0 Å². The van der Waals surface area contributed by atoms with E-state index in [0.717, 1.165) is 25.8 Å². The zero-order valence-electron chi connectivity index (χ0n) is 14.4. The van der Waals surface area contributed by atoms with Crippen molar-refractivity contribution in [2.45, 2.75) is 40.0 Å².